The van der Waals surface area contributed by atoms with E-state index in [9.17, 15) is 28.0 Å². The molecule has 10 nitrogen and oxygen atoms in total. The fourth-order valence-corrected chi connectivity index (χ4v) is 5.18. The number of hydroxylamine groups is 1. The van der Waals surface area contributed by atoms with Gasteiger partial charge in [-0.3, -0.25) is 24.5 Å². The normalized spacial score (nSPS) is 13.5. The number of ether oxygens (including phenoxy) is 1. The summed E-state index contributed by atoms with van der Waals surface area (Å²) in [5, 5.41) is 13.3. The lowest BCUT2D eigenvalue weighted by molar-refractivity contribution is -0.134. The lowest BCUT2D eigenvalue weighted by atomic mass is 10.1. The van der Waals surface area contributed by atoms with Gasteiger partial charge in [0.2, 0.25) is 5.91 Å². The fraction of sp³-hybridized carbons (Fsp3) is 0.179. The first-order valence-corrected chi connectivity index (χ1v) is 13.4. The smallest absolute Gasteiger partial charge is 0.265 e. The van der Waals surface area contributed by atoms with Gasteiger partial charge in [0.15, 0.2) is 0 Å². The van der Waals surface area contributed by atoms with Gasteiger partial charge in [0.05, 0.1) is 22.6 Å². The van der Waals surface area contributed by atoms with Crippen LogP contribution in [0.2, 0.25) is 0 Å². The molecule has 3 aromatic carbocycles. The van der Waals surface area contributed by atoms with Crippen molar-refractivity contribution < 1.29 is 32.7 Å². The first-order chi connectivity index (χ1) is 18.7. The molecular formula is C28H25N3O7S. The summed E-state index contributed by atoms with van der Waals surface area (Å²) in [6, 6.07) is 18.8. The Balaban J connectivity index is 1.53. The first kappa shape index (κ1) is 27.5. The molecule has 3 amide bonds. The lowest BCUT2D eigenvalue weighted by Gasteiger charge is -2.26. The van der Waals surface area contributed by atoms with Crippen molar-refractivity contribution in [3.05, 3.63) is 90.0 Å². The molecule has 0 saturated heterocycles. The number of carbonyl (C=O) groups is 3. The topological polar surface area (TPSA) is 133 Å². The van der Waals surface area contributed by atoms with E-state index in [1.165, 1.54) is 36.4 Å². The average Bonchev–Trinajstić information content (AvgIpc) is 3.19. The maximum absolute atomic E-state index is 13.3. The van der Waals surface area contributed by atoms with E-state index in [4.69, 9.17) is 4.74 Å². The van der Waals surface area contributed by atoms with Gasteiger partial charge < -0.3 is 10.1 Å². The molecule has 1 heterocycles. The molecule has 39 heavy (non-hydrogen) atoms. The van der Waals surface area contributed by atoms with Crippen LogP contribution in [-0.4, -0.2) is 59.8 Å². The van der Waals surface area contributed by atoms with Gasteiger partial charge in [-0.25, -0.2) is 8.42 Å². The second-order valence-electron chi connectivity index (χ2n) is 8.42. The van der Waals surface area contributed by atoms with Crippen molar-refractivity contribution in [3.8, 4) is 23.3 Å². The van der Waals surface area contributed by atoms with Gasteiger partial charge >= 0.3 is 0 Å². The van der Waals surface area contributed by atoms with Gasteiger partial charge in [-0.1, -0.05) is 40.7 Å². The molecule has 0 fully saturated rings. The molecule has 2 N–H and O–H groups in total. The zero-order valence-corrected chi connectivity index (χ0v) is 21.7. The first-order valence-electron chi connectivity index (χ1n) is 11.9. The Morgan fingerprint density at radius 3 is 2.10 bits per heavy atom. The Labute approximate surface area is 225 Å². The summed E-state index contributed by atoms with van der Waals surface area (Å²) in [5.41, 5.74) is 0.431. The zero-order chi connectivity index (χ0) is 28.0. The largest absolute Gasteiger partial charge is 0.457 e. The third-order valence-electron chi connectivity index (χ3n) is 5.95. The van der Waals surface area contributed by atoms with Crippen LogP contribution in [0.4, 0.5) is 0 Å². The minimum absolute atomic E-state index is 0.0487. The standard InChI is InChI=1S/C28H25N3O7S/c1-2-3-18-29-26(32)25(17-19-30-27(33)23-11-7-8-12-24(23)28(30)34)31(35)39(36,37)22-15-13-21(14-16-22)38-20-9-5-4-6-10-20/h4-16,25,35H,17-19H2,1H3,(H,29,32). The summed E-state index contributed by atoms with van der Waals surface area (Å²) in [5.74, 6) is 4.18. The number of nitrogens with one attached hydrogen (secondary N) is 1. The zero-order valence-electron chi connectivity index (χ0n) is 20.9. The number of fused-ring (bicyclic) bond motifs is 1. The molecule has 4 rings (SSSR count). The number of rotatable bonds is 10. The maximum atomic E-state index is 13.3. The van der Waals surface area contributed by atoms with E-state index in [2.05, 4.69) is 17.2 Å². The van der Waals surface area contributed by atoms with E-state index >= 15 is 0 Å². The van der Waals surface area contributed by atoms with Gasteiger partial charge in [-0.05, 0) is 61.9 Å². The van der Waals surface area contributed by atoms with E-state index in [-0.39, 0.29) is 40.0 Å². The van der Waals surface area contributed by atoms with E-state index in [1.54, 1.807) is 43.3 Å². The number of benzene rings is 3. The molecule has 0 saturated carbocycles. The number of amides is 3. The molecule has 1 aliphatic rings. The van der Waals surface area contributed by atoms with Crippen molar-refractivity contribution >= 4 is 27.7 Å². The average molecular weight is 548 g/mol. The summed E-state index contributed by atoms with van der Waals surface area (Å²) in [6.07, 6.45) is -0.359. The van der Waals surface area contributed by atoms with Crippen LogP contribution >= 0.6 is 0 Å². The highest BCUT2D eigenvalue weighted by molar-refractivity contribution is 7.89. The molecule has 1 aliphatic heterocycles. The summed E-state index contributed by atoms with van der Waals surface area (Å²) in [6.45, 7) is 1.18. The number of para-hydroxylation sites is 1. The number of imide groups is 1. The van der Waals surface area contributed by atoms with Crippen LogP contribution in [0.15, 0.2) is 83.8 Å². The lowest BCUT2D eigenvalue weighted by Crippen LogP contribution is -2.49. The predicted molar refractivity (Wildman–Crippen MR) is 140 cm³/mol. The number of hydrogen-bond donors (Lipinski definition) is 2. The van der Waals surface area contributed by atoms with Crippen LogP contribution < -0.4 is 10.1 Å². The quantitative estimate of drug-likeness (QED) is 0.226. The van der Waals surface area contributed by atoms with E-state index in [1.807, 2.05) is 6.07 Å². The number of hydrogen-bond acceptors (Lipinski definition) is 7. The second-order valence-corrected chi connectivity index (χ2v) is 10.2. The molecule has 0 radical (unpaired) electrons. The van der Waals surface area contributed by atoms with E-state index in [0.717, 1.165) is 4.90 Å². The van der Waals surface area contributed by atoms with Crippen molar-refractivity contribution in [1.29, 1.82) is 0 Å². The molecule has 1 atom stereocenters. The molecule has 11 heteroatoms. The van der Waals surface area contributed by atoms with Crippen LogP contribution in [0.5, 0.6) is 11.5 Å². The predicted octanol–water partition coefficient (Wildman–Crippen LogP) is 3.05. The Hall–Kier alpha value is -4.50. The van der Waals surface area contributed by atoms with Crippen LogP contribution in [0.3, 0.4) is 0 Å². The highest BCUT2D eigenvalue weighted by atomic mass is 32.2. The third kappa shape index (κ3) is 5.99. The molecule has 200 valence electrons. The van der Waals surface area contributed by atoms with Gasteiger partial charge in [-0.15, -0.1) is 5.92 Å². The minimum atomic E-state index is -4.58. The molecule has 1 unspecified atom stereocenters. The summed E-state index contributed by atoms with van der Waals surface area (Å²) in [7, 11) is -4.58. The third-order valence-corrected chi connectivity index (χ3v) is 7.56. The summed E-state index contributed by atoms with van der Waals surface area (Å²) >= 11 is 0. The Morgan fingerprint density at radius 2 is 1.51 bits per heavy atom. The van der Waals surface area contributed by atoms with E-state index < -0.39 is 33.8 Å². The minimum Gasteiger partial charge on any atom is -0.457 e. The highest BCUT2D eigenvalue weighted by Crippen LogP contribution is 2.26. The van der Waals surface area contributed by atoms with Crippen molar-refractivity contribution in [2.45, 2.75) is 24.3 Å². The van der Waals surface area contributed by atoms with Crippen molar-refractivity contribution in [1.82, 2.24) is 14.7 Å². The van der Waals surface area contributed by atoms with Crippen molar-refractivity contribution in [2.24, 2.45) is 0 Å². The van der Waals surface area contributed by atoms with Crippen molar-refractivity contribution in [3.63, 3.8) is 0 Å². The van der Waals surface area contributed by atoms with Gasteiger partial charge in [0, 0.05) is 6.54 Å². The van der Waals surface area contributed by atoms with Crippen LogP contribution in [-0.2, 0) is 14.8 Å². The van der Waals surface area contributed by atoms with Crippen molar-refractivity contribution in [2.75, 3.05) is 13.1 Å². The molecule has 0 bridgehead atoms. The Kier molecular flexibility index (Phi) is 8.41. The number of sulfonamides is 1. The SMILES string of the molecule is CC#CCNC(=O)C(CCN1C(=O)c2ccccc2C1=O)N(O)S(=O)(=O)c1ccc(Oc2ccccc2)cc1. The van der Waals surface area contributed by atoms with E-state index in [0.29, 0.717) is 11.5 Å². The highest BCUT2D eigenvalue weighted by Gasteiger charge is 2.39. The van der Waals surface area contributed by atoms with Crippen LogP contribution in [0.25, 0.3) is 0 Å². The van der Waals surface area contributed by atoms with Gasteiger partial charge in [0.25, 0.3) is 21.8 Å². The van der Waals surface area contributed by atoms with Crippen LogP contribution in [0, 0.1) is 11.8 Å². The van der Waals surface area contributed by atoms with Crippen LogP contribution in [0.1, 0.15) is 34.1 Å². The number of nitrogens with zero attached hydrogens (tertiary/aromatic N) is 2. The maximum Gasteiger partial charge on any atom is 0.265 e. The molecule has 3 aromatic rings. The molecular weight excluding hydrogens is 522 g/mol. The van der Waals surface area contributed by atoms with Gasteiger partial charge in [0.1, 0.15) is 17.5 Å². The molecule has 0 aromatic heterocycles. The summed E-state index contributed by atoms with van der Waals surface area (Å²) in [4.78, 5) is 39.0. The van der Waals surface area contributed by atoms with Gasteiger partial charge in [-0.2, -0.15) is 0 Å². The Morgan fingerprint density at radius 1 is 0.949 bits per heavy atom. The summed E-state index contributed by atoms with van der Waals surface area (Å²) < 4.78 is 32.1. The number of carbonyl (C=O) groups excluding carboxylic acids is 3. The Bertz CT molecular complexity index is 1510. The molecule has 0 aliphatic carbocycles. The second kappa shape index (κ2) is 11.9. The molecule has 0 spiro atoms. The monoisotopic (exact) mass is 547 g/mol. The fourth-order valence-electron chi connectivity index (χ4n) is 3.95.